The predicted molar refractivity (Wildman–Crippen MR) is 84.6 cm³/mol. The van der Waals surface area contributed by atoms with Gasteiger partial charge in [-0.15, -0.1) is 0 Å². The fraction of sp³-hybridized carbons (Fsp3) is 0.333. The number of benzene rings is 1. The molecule has 0 saturated heterocycles. The second-order valence-electron chi connectivity index (χ2n) is 5.34. The lowest BCUT2D eigenvalue weighted by Crippen LogP contribution is -1.96. The number of aromatic nitrogens is 3. The predicted octanol–water partition coefficient (Wildman–Crippen LogP) is 4.62. The number of hydrogen-bond donors (Lipinski definition) is 0. The molecule has 0 saturated carbocycles. The van der Waals surface area contributed by atoms with Crippen molar-refractivity contribution >= 4 is 27.9 Å². The fourth-order valence-corrected chi connectivity index (χ4v) is 3.57. The second kappa shape index (κ2) is 5.19. The van der Waals surface area contributed by atoms with Gasteiger partial charge in [-0.25, -0.2) is 9.50 Å². The van der Waals surface area contributed by atoms with Crippen LogP contribution in [-0.4, -0.2) is 14.6 Å². The Hall–Kier alpha value is -1.39. The van der Waals surface area contributed by atoms with Crippen molar-refractivity contribution in [1.82, 2.24) is 14.6 Å². The van der Waals surface area contributed by atoms with E-state index in [2.05, 4.69) is 25.9 Å². The molecule has 20 heavy (non-hydrogen) atoms. The van der Waals surface area contributed by atoms with Gasteiger partial charge in [-0.05, 0) is 25.0 Å². The molecule has 3 aromatic rings. The Kier molecular flexibility index (Phi) is 3.52. The lowest BCUT2D eigenvalue weighted by atomic mass is 10.1. The summed E-state index contributed by atoms with van der Waals surface area (Å²) in [6, 6.07) is 7.79. The van der Waals surface area contributed by atoms with Gasteiger partial charge in [-0.1, -0.05) is 48.9 Å². The molecular weight excluding hydrogens is 290 g/mol. The van der Waals surface area contributed by atoms with Crippen LogP contribution in [-0.2, 0) is 6.42 Å². The molecule has 0 radical (unpaired) electrons. The second-order valence-corrected chi connectivity index (χ2v) is 6.82. The van der Waals surface area contributed by atoms with E-state index in [1.54, 1.807) is 11.3 Å². The van der Waals surface area contributed by atoms with Gasteiger partial charge in [-0.3, -0.25) is 0 Å². The summed E-state index contributed by atoms with van der Waals surface area (Å²) in [4.78, 5) is 5.66. The van der Waals surface area contributed by atoms with Gasteiger partial charge in [0.2, 0.25) is 4.96 Å². The number of fused-ring (bicyclic) bond motifs is 1. The van der Waals surface area contributed by atoms with Crippen LogP contribution in [0.25, 0.3) is 16.2 Å². The molecule has 5 heteroatoms. The zero-order valence-corrected chi connectivity index (χ0v) is 13.3. The van der Waals surface area contributed by atoms with Crippen molar-refractivity contribution in [2.75, 3.05) is 0 Å². The molecule has 0 bridgehead atoms. The maximum atomic E-state index is 6.05. The van der Waals surface area contributed by atoms with Crippen LogP contribution in [0.3, 0.4) is 0 Å². The SMILES string of the molecule is Cc1c(-c2cccc(Cl)c2)nc2sc(CC(C)C)nn12. The van der Waals surface area contributed by atoms with Gasteiger partial charge in [0.25, 0.3) is 0 Å². The number of rotatable bonds is 3. The van der Waals surface area contributed by atoms with Crippen molar-refractivity contribution in [2.24, 2.45) is 5.92 Å². The molecule has 0 fully saturated rings. The summed E-state index contributed by atoms with van der Waals surface area (Å²) in [6.45, 7) is 6.46. The molecule has 104 valence electrons. The first-order valence-corrected chi connectivity index (χ1v) is 7.85. The van der Waals surface area contributed by atoms with Gasteiger partial charge in [-0.2, -0.15) is 5.10 Å². The molecule has 0 amide bonds. The van der Waals surface area contributed by atoms with Crippen molar-refractivity contribution in [3.05, 3.63) is 40.0 Å². The third kappa shape index (κ3) is 2.45. The number of nitrogens with zero attached hydrogens (tertiary/aromatic N) is 3. The molecule has 0 N–H and O–H groups in total. The van der Waals surface area contributed by atoms with Crippen LogP contribution in [0.4, 0.5) is 0 Å². The molecule has 0 atom stereocenters. The van der Waals surface area contributed by atoms with Crippen LogP contribution in [0.15, 0.2) is 24.3 Å². The Morgan fingerprint density at radius 3 is 2.80 bits per heavy atom. The zero-order valence-electron chi connectivity index (χ0n) is 11.7. The smallest absolute Gasteiger partial charge is 0.212 e. The molecular formula is C15H16ClN3S. The lowest BCUT2D eigenvalue weighted by molar-refractivity contribution is 0.636. The van der Waals surface area contributed by atoms with Crippen LogP contribution in [0, 0.1) is 12.8 Å². The van der Waals surface area contributed by atoms with E-state index in [0.717, 1.165) is 38.4 Å². The first-order valence-electron chi connectivity index (χ1n) is 6.65. The quantitative estimate of drug-likeness (QED) is 0.707. The third-order valence-corrected chi connectivity index (χ3v) is 4.32. The summed E-state index contributed by atoms with van der Waals surface area (Å²) in [7, 11) is 0. The Labute approximate surface area is 127 Å². The maximum absolute atomic E-state index is 6.05. The van der Waals surface area contributed by atoms with Crippen molar-refractivity contribution in [2.45, 2.75) is 27.2 Å². The number of imidazole rings is 1. The van der Waals surface area contributed by atoms with Crippen molar-refractivity contribution in [3.63, 3.8) is 0 Å². The van der Waals surface area contributed by atoms with Gasteiger partial charge in [0, 0.05) is 17.0 Å². The van der Waals surface area contributed by atoms with Crippen LogP contribution < -0.4 is 0 Å². The first kappa shape index (κ1) is 13.6. The Balaban J connectivity index is 2.06. The molecule has 3 nitrogen and oxygen atoms in total. The standard InChI is InChI=1S/C15H16ClN3S/c1-9(2)7-13-18-19-10(3)14(17-15(19)20-13)11-5-4-6-12(16)8-11/h4-6,8-9H,7H2,1-3H3. The highest BCUT2D eigenvalue weighted by molar-refractivity contribution is 7.16. The summed E-state index contributed by atoms with van der Waals surface area (Å²) in [5.74, 6) is 0.610. The molecule has 2 aromatic heterocycles. The van der Waals surface area contributed by atoms with Gasteiger partial charge in [0.1, 0.15) is 5.01 Å². The normalized spacial score (nSPS) is 11.7. The molecule has 0 aliphatic carbocycles. The average Bonchev–Trinajstić information content (AvgIpc) is 2.88. The Morgan fingerprint density at radius 1 is 1.35 bits per heavy atom. The Bertz CT molecular complexity index is 758. The van der Waals surface area contributed by atoms with Gasteiger partial charge < -0.3 is 0 Å². The molecule has 0 spiro atoms. The number of halogens is 1. The molecule has 0 aliphatic heterocycles. The third-order valence-electron chi connectivity index (χ3n) is 3.15. The van der Waals surface area contributed by atoms with Crippen LogP contribution in [0.2, 0.25) is 5.02 Å². The van der Waals surface area contributed by atoms with E-state index in [1.807, 2.05) is 28.8 Å². The minimum absolute atomic E-state index is 0.610. The van der Waals surface area contributed by atoms with Gasteiger partial charge in [0.05, 0.1) is 11.4 Å². The monoisotopic (exact) mass is 305 g/mol. The minimum atomic E-state index is 0.610. The number of aryl methyl sites for hydroxylation is 1. The van der Waals surface area contributed by atoms with Crippen molar-refractivity contribution in [1.29, 1.82) is 0 Å². The summed E-state index contributed by atoms with van der Waals surface area (Å²) in [5, 5.41) is 6.53. The van der Waals surface area contributed by atoms with Crippen molar-refractivity contribution in [3.8, 4) is 11.3 Å². The molecule has 0 unspecified atom stereocenters. The molecule has 3 rings (SSSR count). The number of hydrogen-bond acceptors (Lipinski definition) is 3. The summed E-state index contributed by atoms with van der Waals surface area (Å²) in [5.41, 5.74) is 3.06. The highest BCUT2D eigenvalue weighted by atomic mass is 35.5. The van der Waals surface area contributed by atoms with E-state index >= 15 is 0 Å². The highest BCUT2D eigenvalue weighted by Crippen LogP contribution is 2.28. The van der Waals surface area contributed by atoms with E-state index in [0.29, 0.717) is 5.92 Å². The molecule has 0 aliphatic rings. The fourth-order valence-electron chi connectivity index (χ4n) is 2.23. The lowest BCUT2D eigenvalue weighted by Gasteiger charge is -2.00. The van der Waals surface area contributed by atoms with E-state index in [-0.39, 0.29) is 0 Å². The molecule has 1 aromatic carbocycles. The van der Waals surface area contributed by atoms with E-state index in [4.69, 9.17) is 16.6 Å². The van der Waals surface area contributed by atoms with Gasteiger partial charge >= 0.3 is 0 Å². The van der Waals surface area contributed by atoms with Crippen LogP contribution in [0.1, 0.15) is 24.5 Å². The summed E-state index contributed by atoms with van der Waals surface area (Å²) < 4.78 is 1.94. The van der Waals surface area contributed by atoms with Crippen molar-refractivity contribution < 1.29 is 0 Å². The molecule has 2 heterocycles. The first-order chi connectivity index (χ1) is 9.54. The largest absolute Gasteiger partial charge is 0.217 e. The van der Waals surface area contributed by atoms with E-state index in [1.165, 1.54) is 0 Å². The Morgan fingerprint density at radius 2 is 2.15 bits per heavy atom. The van der Waals surface area contributed by atoms with Gasteiger partial charge in [0.15, 0.2) is 0 Å². The maximum Gasteiger partial charge on any atom is 0.212 e. The zero-order chi connectivity index (χ0) is 14.3. The van der Waals surface area contributed by atoms with E-state index in [9.17, 15) is 0 Å². The topological polar surface area (TPSA) is 30.2 Å². The highest BCUT2D eigenvalue weighted by Gasteiger charge is 2.15. The van der Waals surface area contributed by atoms with Crippen LogP contribution in [0.5, 0.6) is 0 Å². The summed E-state index contributed by atoms with van der Waals surface area (Å²) in [6.07, 6.45) is 1.000. The van der Waals surface area contributed by atoms with Crippen LogP contribution >= 0.6 is 22.9 Å². The average molecular weight is 306 g/mol. The summed E-state index contributed by atoms with van der Waals surface area (Å²) >= 11 is 7.72. The minimum Gasteiger partial charge on any atom is -0.217 e. The van der Waals surface area contributed by atoms with E-state index < -0.39 is 0 Å².